The molecular formula is C32H26N2O3S. The molecule has 5 aromatic rings. The molecule has 0 N–H and O–H groups in total. The number of pyridine rings is 1. The molecule has 0 fully saturated rings. The van der Waals surface area contributed by atoms with E-state index in [0.29, 0.717) is 5.56 Å². The van der Waals surface area contributed by atoms with Crippen LogP contribution in [0.3, 0.4) is 0 Å². The monoisotopic (exact) mass is 518 g/mol. The van der Waals surface area contributed by atoms with Gasteiger partial charge in [0, 0.05) is 16.3 Å². The maximum absolute atomic E-state index is 13.6. The number of carbonyl (C=O) groups excluding carboxylic acids is 1. The van der Waals surface area contributed by atoms with Gasteiger partial charge in [0.1, 0.15) is 17.4 Å². The van der Waals surface area contributed by atoms with Crippen LogP contribution in [0.5, 0.6) is 5.75 Å². The number of carbonyl (C=O) groups is 1. The number of rotatable bonds is 6. The summed E-state index contributed by atoms with van der Waals surface area (Å²) in [5, 5.41) is 3.69. The molecule has 0 saturated carbocycles. The lowest BCUT2D eigenvalue weighted by Gasteiger charge is -2.22. The molecule has 0 aliphatic heterocycles. The lowest BCUT2D eigenvalue weighted by atomic mass is 9.86. The molecule has 0 spiro atoms. The van der Waals surface area contributed by atoms with Crippen molar-refractivity contribution in [1.29, 1.82) is 0 Å². The highest BCUT2D eigenvalue weighted by molar-refractivity contribution is 7.13. The van der Waals surface area contributed by atoms with Gasteiger partial charge in [-0.15, -0.1) is 11.3 Å². The fourth-order valence-corrected chi connectivity index (χ4v) is 5.72. The highest BCUT2D eigenvalue weighted by Crippen LogP contribution is 2.37. The van der Waals surface area contributed by atoms with E-state index in [1.54, 1.807) is 18.4 Å². The number of para-hydroxylation sites is 1. The first-order chi connectivity index (χ1) is 18.7. The summed E-state index contributed by atoms with van der Waals surface area (Å²) in [7, 11) is 1.66. The normalized spacial score (nSPS) is 13.9. The predicted molar refractivity (Wildman–Crippen MR) is 152 cm³/mol. The van der Waals surface area contributed by atoms with Crippen LogP contribution >= 0.6 is 11.3 Å². The summed E-state index contributed by atoms with van der Waals surface area (Å²) in [5.41, 5.74) is 7.26. The maximum Gasteiger partial charge on any atom is 0.339 e. The highest BCUT2D eigenvalue weighted by atomic mass is 32.1. The minimum absolute atomic E-state index is 0.127. The summed E-state index contributed by atoms with van der Waals surface area (Å²) in [5.74, 6) is 0.487. The Labute approximate surface area is 225 Å². The summed E-state index contributed by atoms with van der Waals surface area (Å²) in [4.78, 5) is 23.3. The molecule has 1 aliphatic rings. The van der Waals surface area contributed by atoms with Gasteiger partial charge in [-0.3, -0.25) is 0 Å². The largest absolute Gasteiger partial charge is 0.497 e. The molecule has 0 radical (unpaired) electrons. The Hall–Kier alpha value is -4.29. The number of allylic oxidation sites excluding steroid dienone is 1. The number of hydrogen-bond acceptors (Lipinski definition) is 6. The number of esters is 1. The number of benzene rings is 3. The molecule has 2 aromatic heterocycles. The summed E-state index contributed by atoms with van der Waals surface area (Å²) < 4.78 is 11.2. The van der Waals surface area contributed by atoms with Crippen molar-refractivity contribution >= 4 is 39.9 Å². The topological polar surface area (TPSA) is 61.3 Å². The van der Waals surface area contributed by atoms with Crippen LogP contribution in [0.4, 0.5) is 0 Å². The van der Waals surface area contributed by atoms with Crippen molar-refractivity contribution in [3.8, 4) is 16.3 Å². The number of fused-ring (bicyclic) bond motifs is 2. The second-order valence-corrected chi connectivity index (χ2v) is 10.1. The number of thiazole rings is 1. The Morgan fingerprint density at radius 1 is 0.947 bits per heavy atom. The van der Waals surface area contributed by atoms with E-state index in [9.17, 15) is 4.79 Å². The van der Waals surface area contributed by atoms with E-state index in [2.05, 4.69) is 11.1 Å². The zero-order valence-electron chi connectivity index (χ0n) is 21.0. The summed E-state index contributed by atoms with van der Waals surface area (Å²) in [6.07, 6.45) is 4.79. The van der Waals surface area contributed by atoms with Crippen molar-refractivity contribution in [2.45, 2.75) is 25.9 Å². The molecule has 6 rings (SSSR count). The lowest BCUT2D eigenvalue weighted by Crippen LogP contribution is -2.15. The molecule has 0 unspecified atom stereocenters. The average molecular weight is 519 g/mol. The van der Waals surface area contributed by atoms with Crippen molar-refractivity contribution in [2.24, 2.45) is 0 Å². The SMILES string of the molecule is COc1ccc(/C=C2/CCCc3c2nc2ccccc2c3C(=O)OCc2csc(-c3ccccc3)n2)cc1. The van der Waals surface area contributed by atoms with Gasteiger partial charge >= 0.3 is 5.97 Å². The zero-order chi connectivity index (χ0) is 25.9. The van der Waals surface area contributed by atoms with E-state index in [4.69, 9.17) is 14.5 Å². The zero-order valence-corrected chi connectivity index (χ0v) is 21.8. The van der Waals surface area contributed by atoms with Gasteiger partial charge < -0.3 is 9.47 Å². The third-order valence-corrected chi connectivity index (χ3v) is 7.69. The Kier molecular flexibility index (Phi) is 6.71. The van der Waals surface area contributed by atoms with E-state index < -0.39 is 0 Å². The number of ether oxygens (including phenoxy) is 2. The number of hydrogen-bond donors (Lipinski definition) is 0. The van der Waals surface area contributed by atoms with Crippen LogP contribution in [0.15, 0.2) is 84.2 Å². The molecule has 5 nitrogen and oxygen atoms in total. The van der Waals surface area contributed by atoms with Crippen molar-refractivity contribution in [2.75, 3.05) is 7.11 Å². The van der Waals surface area contributed by atoms with E-state index in [1.807, 2.05) is 84.2 Å². The molecular weight excluding hydrogens is 492 g/mol. The van der Waals surface area contributed by atoms with E-state index in [0.717, 1.165) is 74.6 Å². The molecule has 0 saturated heterocycles. The number of nitrogens with zero attached hydrogens (tertiary/aromatic N) is 2. The second-order valence-electron chi connectivity index (χ2n) is 9.21. The van der Waals surface area contributed by atoms with Crippen LogP contribution in [0.25, 0.3) is 33.1 Å². The van der Waals surface area contributed by atoms with Gasteiger partial charge in [-0.25, -0.2) is 14.8 Å². The number of aromatic nitrogens is 2. The molecule has 0 amide bonds. The average Bonchev–Trinajstić information content (AvgIpc) is 3.45. The van der Waals surface area contributed by atoms with Crippen molar-refractivity contribution in [3.05, 3.63) is 112 Å². The minimum atomic E-state index is -0.334. The summed E-state index contributed by atoms with van der Waals surface area (Å²) in [6, 6.07) is 25.8. The Morgan fingerprint density at radius 3 is 2.55 bits per heavy atom. The smallest absolute Gasteiger partial charge is 0.339 e. The summed E-state index contributed by atoms with van der Waals surface area (Å²) in [6.45, 7) is 0.127. The van der Waals surface area contributed by atoms with E-state index in [1.165, 1.54) is 0 Å². The second kappa shape index (κ2) is 10.6. The van der Waals surface area contributed by atoms with Gasteiger partial charge in [0.25, 0.3) is 0 Å². The predicted octanol–water partition coefficient (Wildman–Crippen LogP) is 7.60. The van der Waals surface area contributed by atoms with Crippen molar-refractivity contribution in [3.63, 3.8) is 0 Å². The van der Waals surface area contributed by atoms with Crippen molar-refractivity contribution in [1.82, 2.24) is 9.97 Å². The lowest BCUT2D eigenvalue weighted by molar-refractivity contribution is 0.0469. The fourth-order valence-electron chi connectivity index (χ4n) is 4.91. The van der Waals surface area contributed by atoms with Crippen LogP contribution in [0.1, 0.15) is 45.7 Å². The molecule has 3 aromatic carbocycles. The van der Waals surface area contributed by atoms with Crippen LogP contribution < -0.4 is 4.74 Å². The van der Waals surface area contributed by atoms with Crippen LogP contribution in [-0.2, 0) is 17.8 Å². The van der Waals surface area contributed by atoms with Gasteiger partial charge in [-0.2, -0.15) is 0 Å². The van der Waals surface area contributed by atoms with Gasteiger partial charge in [0.2, 0.25) is 0 Å². The van der Waals surface area contributed by atoms with Gasteiger partial charge in [-0.1, -0.05) is 60.7 Å². The van der Waals surface area contributed by atoms with E-state index >= 15 is 0 Å². The Bertz CT molecular complexity index is 1640. The molecule has 6 heteroatoms. The first-order valence-electron chi connectivity index (χ1n) is 12.6. The molecule has 188 valence electrons. The third kappa shape index (κ3) is 4.83. The van der Waals surface area contributed by atoms with Crippen molar-refractivity contribution < 1.29 is 14.3 Å². The van der Waals surface area contributed by atoms with Crippen LogP contribution in [0, 0.1) is 0 Å². The Balaban J connectivity index is 1.33. The molecule has 2 heterocycles. The first-order valence-corrected chi connectivity index (χ1v) is 13.5. The quantitative estimate of drug-likeness (QED) is 0.217. The Morgan fingerprint density at radius 2 is 1.74 bits per heavy atom. The van der Waals surface area contributed by atoms with Gasteiger partial charge in [0.05, 0.1) is 29.6 Å². The third-order valence-electron chi connectivity index (χ3n) is 6.75. The fraction of sp³-hybridized carbons (Fsp3) is 0.156. The highest BCUT2D eigenvalue weighted by Gasteiger charge is 2.26. The standard InChI is InChI=1S/C32H26N2O3S/c1-36-25-16-14-21(15-17-25)18-23-10-7-12-27-29(26-11-5-6-13-28(26)34-30(23)27)32(35)37-19-24-20-38-31(33-24)22-8-3-2-4-9-22/h2-6,8-9,11,13-18,20H,7,10,12,19H2,1H3/b23-18-. The van der Waals surface area contributed by atoms with E-state index in [-0.39, 0.29) is 12.6 Å². The van der Waals surface area contributed by atoms with Crippen LogP contribution in [0.2, 0.25) is 0 Å². The molecule has 0 bridgehead atoms. The van der Waals surface area contributed by atoms with Gasteiger partial charge in [0.15, 0.2) is 0 Å². The number of methoxy groups -OCH3 is 1. The van der Waals surface area contributed by atoms with Gasteiger partial charge in [-0.05, 0) is 60.2 Å². The minimum Gasteiger partial charge on any atom is -0.497 e. The molecule has 0 atom stereocenters. The molecule has 38 heavy (non-hydrogen) atoms. The van der Waals surface area contributed by atoms with Crippen LogP contribution in [-0.4, -0.2) is 23.0 Å². The maximum atomic E-state index is 13.6. The first kappa shape index (κ1) is 24.1. The summed E-state index contributed by atoms with van der Waals surface area (Å²) >= 11 is 1.55. The molecule has 1 aliphatic carbocycles.